The van der Waals surface area contributed by atoms with E-state index in [1.807, 2.05) is 16.8 Å². The molecule has 0 saturated carbocycles. The Balaban J connectivity index is 2.54. The number of thiophene rings is 1. The van der Waals surface area contributed by atoms with Gasteiger partial charge in [-0.1, -0.05) is 0 Å². The van der Waals surface area contributed by atoms with E-state index in [1.165, 1.54) is 35.7 Å². The van der Waals surface area contributed by atoms with Crippen LogP contribution in [0.3, 0.4) is 0 Å². The number of isocyanates is 2. The van der Waals surface area contributed by atoms with Gasteiger partial charge in [0, 0.05) is 0 Å². The zero-order chi connectivity index (χ0) is 11.6. The van der Waals surface area contributed by atoms with Crippen LogP contribution in [0.4, 0.5) is 0 Å². The molecule has 0 aromatic carbocycles. The SMILES string of the molecule is O=C=NCSC(SCN=C=O)c1ccsc1. The average molecular weight is 272 g/mol. The molecule has 1 heterocycles. The third-order valence-electron chi connectivity index (χ3n) is 1.53. The van der Waals surface area contributed by atoms with Crippen molar-refractivity contribution in [2.24, 2.45) is 9.98 Å². The van der Waals surface area contributed by atoms with Gasteiger partial charge >= 0.3 is 0 Å². The van der Waals surface area contributed by atoms with Crippen LogP contribution in [0.1, 0.15) is 10.1 Å². The van der Waals surface area contributed by atoms with E-state index < -0.39 is 0 Å². The van der Waals surface area contributed by atoms with Crippen LogP contribution in [0.2, 0.25) is 0 Å². The van der Waals surface area contributed by atoms with Crippen molar-refractivity contribution in [3.05, 3.63) is 22.4 Å². The van der Waals surface area contributed by atoms with Gasteiger partial charge in [0.2, 0.25) is 12.2 Å². The molecule has 0 aliphatic carbocycles. The fourth-order valence-electron chi connectivity index (χ4n) is 0.912. The minimum Gasteiger partial charge on any atom is -0.211 e. The van der Waals surface area contributed by atoms with E-state index >= 15 is 0 Å². The van der Waals surface area contributed by atoms with E-state index in [0.29, 0.717) is 11.8 Å². The summed E-state index contributed by atoms with van der Waals surface area (Å²) in [6.07, 6.45) is 2.99. The summed E-state index contributed by atoms with van der Waals surface area (Å²) in [4.78, 5) is 26.9. The maximum Gasteiger partial charge on any atom is 0.235 e. The third-order valence-corrected chi connectivity index (χ3v) is 4.75. The lowest BCUT2D eigenvalue weighted by molar-refractivity contribution is 0.563. The average Bonchev–Trinajstić information content (AvgIpc) is 2.81. The maximum atomic E-state index is 9.95. The standard InChI is InChI=1S/C9H8N2O2S3/c12-4-10-6-15-9(16-7-11-5-13)8-1-2-14-3-8/h1-3,9H,6-7H2. The zero-order valence-electron chi connectivity index (χ0n) is 8.16. The molecule has 4 nitrogen and oxygen atoms in total. The van der Waals surface area contributed by atoms with E-state index in [2.05, 4.69) is 9.98 Å². The minimum absolute atomic E-state index is 0.125. The molecule has 0 saturated heterocycles. The Morgan fingerprint density at radius 1 is 1.25 bits per heavy atom. The molecule has 0 amide bonds. The molecule has 0 unspecified atom stereocenters. The number of thioether (sulfide) groups is 2. The molecule has 0 fully saturated rings. The molecular formula is C9H8N2O2S3. The summed E-state index contributed by atoms with van der Waals surface area (Å²) < 4.78 is 0.125. The molecule has 0 N–H and O–H groups in total. The number of aliphatic imine (C=N–C) groups is 2. The molecule has 1 rings (SSSR count). The van der Waals surface area contributed by atoms with Crippen LogP contribution in [0, 0.1) is 0 Å². The number of rotatable bonds is 7. The third kappa shape index (κ3) is 4.79. The van der Waals surface area contributed by atoms with Crippen molar-refractivity contribution in [1.82, 2.24) is 0 Å². The van der Waals surface area contributed by atoms with Gasteiger partial charge in [-0.3, -0.25) is 0 Å². The van der Waals surface area contributed by atoms with E-state index in [0.717, 1.165) is 5.56 Å². The van der Waals surface area contributed by atoms with Crippen LogP contribution >= 0.6 is 34.9 Å². The van der Waals surface area contributed by atoms with Crippen LogP contribution < -0.4 is 0 Å². The van der Waals surface area contributed by atoms with Gasteiger partial charge in [-0.2, -0.15) is 21.3 Å². The highest BCUT2D eigenvalue weighted by molar-refractivity contribution is 8.16. The predicted molar refractivity (Wildman–Crippen MR) is 68.2 cm³/mol. The van der Waals surface area contributed by atoms with Crippen LogP contribution in [0.25, 0.3) is 0 Å². The largest absolute Gasteiger partial charge is 0.235 e. The van der Waals surface area contributed by atoms with Crippen LogP contribution in [0.15, 0.2) is 26.8 Å². The highest BCUT2D eigenvalue weighted by Gasteiger charge is 2.12. The lowest BCUT2D eigenvalue weighted by Crippen LogP contribution is -1.89. The van der Waals surface area contributed by atoms with Crippen molar-refractivity contribution >= 4 is 47.0 Å². The van der Waals surface area contributed by atoms with Crippen molar-refractivity contribution < 1.29 is 9.59 Å². The van der Waals surface area contributed by atoms with Crippen molar-refractivity contribution in [2.45, 2.75) is 4.58 Å². The Labute approximate surface area is 105 Å². The summed E-state index contributed by atoms with van der Waals surface area (Å²) in [5.41, 5.74) is 1.14. The lowest BCUT2D eigenvalue weighted by atomic mass is 10.4. The maximum absolute atomic E-state index is 9.95. The predicted octanol–water partition coefficient (Wildman–Crippen LogP) is 2.80. The monoisotopic (exact) mass is 272 g/mol. The molecule has 0 atom stereocenters. The van der Waals surface area contributed by atoms with Gasteiger partial charge in [0.05, 0.1) is 16.3 Å². The Kier molecular flexibility index (Phi) is 6.88. The first-order chi connectivity index (χ1) is 7.88. The second-order valence-corrected chi connectivity index (χ2v) is 5.68. The van der Waals surface area contributed by atoms with Crippen LogP contribution in [-0.2, 0) is 9.59 Å². The quantitative estimate of drug-likeness (QED) is 0.435. The Bertz CT molecular complexity index is 373. The zero-order valence-corrected chi connectivity index (χ0v) is 10.6. The first kappa shape index (κ1) is 13.2. The molecule has 1 aromatic heterocycles. The topological polar surface area (TPSA) is 58.9 Å². The molecule has 0 radical (unpaired) electrons. The molecule has 16 heavy (non-hydrogen) atoms. The van der Waals surface area contributed by atoms with Crippen molar-refractivity contribution in [1.29, 1.82) is 0 Å². The summed E-state index contributed by atoms with van der Waals surface area (Å²) in [7, 11) is 0. The van der Waals surface area contributed by atoms with Gasteiger partial charge in [-0.15, -0.1) is 23.5 Å². The van der Waals surface area contributed by atoms with Gasteiger partial charge in [0.1, 0.15) is 0 Å². The van der Waals surface area contributed by atoms with Gasteiger partial charge in [0.15, 0.2) is 0 Å². The first-order valence-corrected chi connectivity index (χ1v) is 7.25. The molecule has 0 aliphatic rings. The van der Waals surface area contributed by atoms with E-state index in [9.17, 15) is 9.59 Å². The van der Waals surface area contributed by atoms with Gasteiger partial charge in [0.25, 0.3) is 0 Å². The first-order valence-electron chi connectivity index (χ1n) is 4.21. The van der Waals surface area contributed by atoms with E-state index in [4.69, 9.17) is 0 Å². The summed E-state index contributed by atoms with van der Waals surface area (Å²) in [5.74, 6) is 0.726. The fraction of sp³-hybridized carbons (Fsp3) is 0.333. The van der Waals surface area contributed by atoms with E-state index in [-0.39, 0.29) is 4.58 Å². The fourth-order valence-corrected chi connectivity index (χ4v) is 3.72. The van der Waals surface area contributed by atoms with Gasteiger partial charge in [-0.05, 0) is 22.4 Å². The Morgan fingerprint density at radius 3 is 2.31 bits per heavy atom. The van der Waals surface area contributed by atoms with Crippen molar-refractivity contribution in [3.8, 4) is 0 Å². The Hall–Kier alpha value is -0.840. The molecule has 0 bridgehead atoms. The normalized spacial score (nSPS) is 11.2. The van der Waals surface area contributed by atoms with Gasteiger partial charge < -0.3 is 0 Å². The van der Waals surface area contributed by atoms with Gasteiger partial charge in [-0.25, -0.2) is 9.59 Å². The number of carbonyl (C=O) groups excluding carboxylic acids is 2. The summed E-state index contributed by atoms with van der Waals surface area (Å²) in [6, 6.07) is 2.00. The summed E-state index contributed by atoms with van der Waals surface area (Å²) >= 11 is 4.61. The molecule has 0 spiro atoms. The van der Waals surface area contributed by atoms with Crippen LogP contribution in [0.5, 0.6) is 0 Å². The molecular weight excluding hydrogens is 264 g/mol. The molecule has 84 valence electrons. The Morgan fingerprint density at radius 2 is 1.88 bits per heavy atom. The molecule has 0 aliphatic heterocycles. The van der Waals surface area contributed by atoms with Crippen LogP contribution in [-0.4, -0.2) is 23.9 Å². The lowest BCUT2D eigenvalue weighted by Gasteiger charge is -2.11. The summed E-state index contributed by atoms with van der Waals surface area (Å²) in [6.45, 7) is 0. The molecule has 1 aromatic rings. The second-order valence-electron chi connectivity index (χ2n) is 2.48. The molecule has 7 heteroatoms. The number of nitrogens with zero attached hydrogens (tertiary/aromatic N) is 2. The van der Waals surface area contributed by atoms with E-state index in [1.54, 1.807) is 11.3 Å². The highest BCUT2D eigenvalue weighted by Crippen LogP contribution is 2.40. The smallest absolute Gasteiger partial charge is 0.211 e. The van der Waals surface area contributed by atoms with Crippen molar-refractivity contribution in [2.75, 3.05) is 11.8 Å². The minimum atomic E-state index is 0.125. The summed E-state index contributed by atoms with van der Waals surface area (Å²) in [5, 5.41) is 4.01. The van der Waals surface area contributed by atoms with Crippen molar-refractivity contribution in [3.63, 3.8) is 0 Å². The number of hydrogen-bond acceptors (Lipinski definition) is 7. The highest BCUT2D eigenvalue weighted by atomic mass is 32.2. The second kappa shape index (κ2) is 8.33. The number of hydrogen-bond donors (Lipinski definition) is 0.